The Morgan fingerprint density at radius 3 is 2.58 bits per heavy atom. The molecule has 0 unspecified atom stereocenters. The van der Waals surface area contributed by atoms with Gasteiger partial charge in [0.2, 0.25) is 0 Å². The predicted octanol–water partition coefficient (Wildman–Crippen LogP) is 4.54. The summed E-state index contributed by atoms with van der Waals surface area (Å²) in [5.74, 6) is 0.0772. The summed E-state index contributed by atoms with van der Waals surface area (Å²) in [5, 5.41) is 0. The van der Waals surface area contributed by atoms with E-state index in [0.29, 0.717) is 12.4 Å². The van der Waals surface area contributed by atoms with E-state index >= 15 is 0 Å². The SMILES string of the molecule is Cc1ccc(F)c(OCCCCc2ccccc2)c1. The van der Waals surface area contributed by atoms with E-state index in [1.54, 1.807) is 12.1 Å². The van der Waals surface area contributed by atoms with Crippen molar-refractivity contribution in [2.45, 2.75) is 26.2 Å². The molecule has 0 saturated carbocycles. The van der Waals surface area contributed by atoms with Crippen LogP contribution in [-0.4, -0.2) is 6.61 Å². The zero-order valence-corrected chi connectivity index (χ0v) is 11.2. The van der Waals surface area contributed by atoms with Gasteiger partial charge in [0.1, 0.15) is 0 Å². The summed E-state index contributed by atoms with van der Waals surface area (Å²) in [4.78, 5) is 0. The maximum Gasteiger partial charge on any atom is 0.165 e. The van der Waals surface area contributed by atoms with Gasteiger partial charge < -0.3 is 4.74 Å². The molecule has 0 N–H and O–H groups in total. The third kappa shape index (κ3) is 4.40. The van der Waals surface area contributed by atoms with Gasteiger partial charge in [0, 0.05) is 0 Å². The highest BCUT2D eigenvalue weighted by molar-refractivity contribution is 5.29. The predicted molar refractivity (Wildman–Crippen MR) is 76.0 cm³/mol. The number of unbranched alkanes of at least 4 members (excludes halogenated alkanes) is 1. The van der Waals surface area contributed by atoms with Crippen LogP contribution in [0.25, 0.3) is 0 Å². The molecule has 0 aliphatic carbocycles. The highest BCUT2D eigenvalue weighted by Crippen LogP contribution is 2.18. The van der Waals surface area contributed by atoms with Crippen LogP contribution in [0.5, 0.6) is 5.75 Å². The lowest BCUT2D eigenvalue weighted by Crippen LogP contribution is -2.00. The lowest BCUT2D eigenvalue weighted by atomic mass is 10.1. The summed E-state index contributed by atoms with van der Waals surface area (Å²) >= 11 is 0. The van der Waals surface area contributed by atoms with Crippen molar-refractivity contribution in [1.82, 2.24) is 0 Å². The van der Waals surface area contributed by atoms with Gasteiger partial charge in [-0.2, -0.15) is 0 Å². The monoisotopic (exact) mass is 258 g/mol. The number of halogens is 1. The standard InChI is InChI=1S/C17H19FO/c1-14-10-11-16(18)17(13-14)19-12-6-5-9-15-7-3-2-4-8-15/h2-4,7-8,10-11,13H,5-6,9,12H2,1H3. The average Bonchev–Trinajstić information content (AvgIpc) is 2.43. The first-order valence-corrected chi connectivity index (χ1v) is 6.68. The fraction of sp³-hybridized carbons (Fsp3) is 0.294. The van der Waals surface area contributed by atoms with Crippen LogP contribution < -0.4 is 4.74 Å². The van der Waals surface area contributed by atoms with E-state index in [1.165, 1.54) is 11.6 Å². The Kier molecular flexibility index (Phi) is 4.96. The number of ether oxygens (including phenoxy) is 1. The van der Waals surface area contributed by atoms with Gasteiger partial charge in [0.25, 0.3) is 0 Å². The van der Waals surface area contributed by atoms with Crippen molar-refractivity contribution < 1.29 is 9.13 Å². The third-order valence-electron chi connectivity index (χ3n) is 3.05. The van der Waals surface area contributed by atoms with Gasteiger partial charge in [-0.25, -0.2) is 4.39 Å². The van der Waals surface area contributed by atoms with Crippen LogP contribution >= 0.6 is 0 Å². The molecule has 0 amide bonds. The Bertz CT molecular complexity index is 508. The second kappa shape index (κ2) is 6.93. The van der Waals surface area contributed by atoms with E-state index in [-0.39, 0.29) is 5.82 Å². The molecule has 2 rings (SSSR count). The van der Waals surface area contributed by atoms with E-state index in [9.17, 15) is 4.39 Å². The van der Waals surface area contributed by atoms with E-state index in [2.05, 4.69) is 12.1 Å². The topological polar surface area (TPSA) is 9.23 Å². The highest BCUT2D eigenvalue weighted by Gasteiger charge is 2.02. The minimum atomic E-state index is -0.284. The summed E-state index contributed by atoms with van der Waals surface area (Å²) in [6.07, 6.45) is 3.03. The van der Waals surface area contributed by atoms with Gasteiger partial charge in [0.15, 0.2) is 11.6 Å². The van der Waals surface area contributed by atoms with Crippen LogP contribution in [0.3, 0.4) is 0 Å². The van der Waals surface area contributed by atoms with Crippen molar-refractivity contribution in [2.24, 2.45) is 0 Å². The van der Waals surface area contributed by atoms with Crippen LogP contribution in [-0.2, 0) is 6.42 Å². The highest BCUT2D eigenvalue weighted by atomic mass is 19.1. The summed E-state index contributed by atoms with van der Waals surface area (Å²) in [6, 6.07) is 15.3. The molecule has 19 heavy (non-hydrogen) atoms. The Balaban J connectivity index is 1.71. The molecule has 0 bridgehead atoms. The first-order valence-electron chi connectivity index (χ1n) is 6.68. The number of hydrogen-bond acceptors (Lipinski definition) is 1. The molecule has 0 aliphatic heterocycles. The normalized spacial score (nSPS) is 10.4. The van der Waals surface area contributed by atoms with Crippen LogP contribution in [0.1, 0.15) is 24.0 Å². The molecule has 0 fully saturated rings. The summed E-state index contributed by atoms with van der Waals surface area (Å²) in [6.45, 7) is 2.49. The molecule has 0 aromatic heterocycles. The zero-order chi connectivity index (χ0) is 13.5. The number of benzene rings is 2. The maximum atomic E-state index is 13.4. The first-order chi connectivity index (χ1) is 9.25. The average molecular weight is 258 g/mol. The molecule has 0 saturated heterocycles. The second-order valence-electron chi connectivity index (χ2n) is 4.73. The lowest BCUT2D eigenvalue weighted by molar-refractivity contribution is 0.292. The van der Waals surface area contributed by atoms with Crippen molar-refractivity contribution in [3.63, 3.8) is 0 Å². The minimum Gasteiger partial charge on any atom is -0.491 e. The van der Waals surface area contributed by atoms with Gasteiger partial charge in [-0.15, -0.1) is 0 Å². The third-order valence-corrected chi connectivity index (χ3v) is 3.05. The smallest absolute Gasteiger partial charge is 0.165 e. The van der Waals surface area contributed by atoms with E-state index in [4.69, 9.17) is 4.74 Å². The molecule has 0 heterocycles. The van der Waals surface area contributed by atoms with E-state index < -0.39 is 0 Å². The number of rotatable bonds is 6. The van der Waals surface area contributed by atoms with Gasteiger partial charge in [-0.05, 0) is 49.4 Å². The zero-order valence-electron chi connectivity index (χ0n) is 11.2. The van der Waals surface area contributed by atoms with Gasteiger partial charge in [-0.3, -0.25) is 0 Å². The lowest BCUT2D eigenvalue weighted by Gasteiger charge is -2.08. The molecular weight excluding hydrogens is 239 g/mol. The summed E-state index contributed by atoms with van der Waals surface area (Å²) in [7, 11) is 0. The van der Waals surface area contributed by atoms with Gasteiger partial charge in [-0.1, -0.05) is 36.4 Å². The van der Waals surface area contributed by atoms with Crippen molar-refractivity contribution in [2.75, 3.05) is 6.61 Å². The largest absolute Gasteiger partial charge is 0.491 e. The Morgan fingerprint density at radius 1 is 1.00 bits per heavy atom. The second-order valence-corrected chi connectivity index (χ2v) is 4.73. The molecule has 0 spiro atoms. The minimum absolute atomic E-state index is 0.284. The fourth-order valence-corrected chi connectivity index (χ4v) is 1.98. The maximum absolute atomic E-state index is 13.4. The molecule has 2 aromatic carbocycles. The van der Waals surface area contributed by atoms with Crippen LogP contribution in [0.15, 0.2) is 48.5 Å². The molecule has 0 aliphatic rings. The van der Waals surface area contributed by atoms with Gasteiger partial charge in [0.05, 0.1) is 6.61 Å². The Morgan fingerprint density at radius 2 is 1.79 bits per heavy atom. The quantitative estimate of drug-likeness (QED) is 0.691. The van der Waals surface area contributed by atoms with Crippen molar-refractivity contribution in [1.29, 1.82) is 0 Å². The number of aryl methyl sites for hydroxylation is 2. The molecule has 0 radical (unpaired) electrons. The van der Waals surface area contributed by atoms with Crippen molar-refractivity contribution in [3.8, 4) is 5.75 Å². The Labute approximate surface area is 114 Å². The van der Waals surface area contributed by atoms with E-state index in [1.807, 2.05) is 25.1 Å². The molecule has 1 nitrogen and oxygen atoms in total. The summed E-state index contributed by atoms with van der Waals surface area (Å²) in [5.41, 5.74) is 2.35. The molecular formula is C17H19FO. The molecule has 2 heteroatoms. The van der Waals surface area contributed by atoms with Gasteiger partial charge >= 0.3 is 0 Å². The Hall–Kier alpha value is -1.83. The molecule has 0 atom stereocenters. The van der Waals surface area contributed by atoms with E-state index in [0.717, 1.165) is 24.8 Å². The van der Waals surface area contributed by atoms with Crippen LogP contribution in [0.4, 0.5) is 4.39 Å². The summed E-state index contributed by atoms with van der Waals surface area (Å²) < 4.78 is 18.9. The molecule has 100 valence electrons. The first kappa shape index (κ1) is 13.6. The van der Waals surface area contributed by atoms with Crippen molar-refractivity contribution in [3.05, 3.63) is 65.5 Å². The fourth-order valence-electron chi connectivity index (χ4n) is 1.98. The van der Waals surface area contributed by atoms with Crippen LogP contribution in [0, 0.1) is 12.7 Å². The van der Waals surface area contributed by atoms with Crippen molar-refractivity contribution >= 4 is 0 Å². The molecule has 2 aromatic rings. The number of hydrogen-bond donors (Lipinski definition) is 0. The van der Waals surface area contributed by atoms with Crippen LogP contribution in [0.2, 0.25) is 0 Å².